The van der Waals surface area contributed by atoms with Gasteiger partial charge in [0.2, 0.25) is 0 Å². The van der Waals surface area contributed by atoms with E-state index in [0.29, 0.717) is 30.9 Å². The SMILES string of the molecule is C=CCc1cc(C(=O)NC[C@H]2COc3ccccc3O2)ccc1OC. The maximum absolute atomic E-state index is 12.4. The summed E-state index contributed by atoms with van der Waals surface area (Å²) in [6.45, 7) is 4.51. The second-order valence-electron chi connectivity index (χ2n) is 5.73. The average Bonchev–Trinajstić information content (AvgIpc) is 2.66. The third kappa shape index (κ3) is 3.94. The Morgan fingerprint density at radius 1 is 1.32 bits per heavy atom. The Labute approximate surface area is 147 Å². The number of fused-ring (bicyclic) bond motifs is 1. The molecule has 3 rings (SSSR count). The zero-order valence-electron chi connectivity index (χ0n) is 14.2. The topological polar surface area (TPSA) is 56.8 Å². The number of rotatable bonds is 6. The van der Waals surface area contributed by atoms with Crippen LogP contribution in [0, 0.1) is 0 Å². The molecule has 0 bridgehead atoms. The van der Waals surface area contributed by atoms with Crippen molar-refractivity contribution in [3.05, 3.63) is 66.2 Å². The molecule has 5 nitrogen and oxygen atoms in total. The van der Waals surface area contributed by atoms with E-state index in [1.54, 1.807) is 25.3 Å². The lowest BCUT2D eigenvalue weighted by Gasteiger charge is -2.26. The Morgan fingerprint density at radius 2 is 2.12 bits per heavy atom. The molecule has 1 heterocycles. The van der Waals surface area contributed by atoms with Crippen LogP contribution in [0.4, 0.5) is 0 Å². The van der Waals surface area contributed by atoms with Gasteiger partial charge in [-0.05, 0) is 42.3 Å². The van der Waals surface area contributed by atoms with E-state index in [1.807, 2.05) is 30.3 Å². The number of ether oxygens (including phenoxy) is 3. The van der Waals surface area contributed by atoms with Crippen molar-refractivity contribution in [1.82, 2.24) is 5.32 Å². The minimum Gasteiger partial charge on any atom is -0.496 e. The first-order valence-corrected chi connectivity index (χ1v) is 8.15. The van der Waals surface area contributed by atoms with Crippen molar-refractivity contribution < 1.29 is 19.0 Å². The quantitative estimate of drug-likeness (QED) is 0.822. The van der Waals surface area contributed by atoms with Gasteiger partial charge < -0.3 is 19.5 Å². The number of nitrogens with one attached hydrogen (secondary N) is 1. The van der Waals surface area contributed by atoms with Gasteiger partial charge >= 0.3 is 0 Å². The molecule has 1 atom stereocenters. The van der Waals surface area contributed by atoms with Gasteiger partial charge in [-0.25, -0.2) is 0 Å². The summed E-state index contributed by atoms with van der Waals surface area (Å²) in [5.41, 5.74) is 1.51. The molecule has 0 unspecified atom stereocenters. The molecule has 130 valence electrons. The molecule has 5 heteroatoms. The summed E-state index contributed by atoms with van der Waals surface area (Å²) in [6.07, 6.45) is 2.20. The summed E-state index contributed by atoms with van der Waals surface area (Å²) >= 11 is 0. The second kappa shape index (κ2) is 7.75. The van der Waals surface area contributed by atoms with E-state index in [1.165, 1.54) is 0 Å². The van der Waals surface area contributed by atoms with Crippen LogP contribution in [0.15, 0.2) is 55.1 Å². The largest absolute Gasteiger partial charge is 0.496 e. The Kier molecular flexibility index (Phi) is 5.23. The maximum atomic E-state index is 12.4. The van der Waals surface area contributed by atoms with E-state index in [-0.39, 0.29) is 12.0 Å². The van der Waals surface area contributed by atoms with Crippen molar-refractivity contribution in [2.75, 3.05) is 20.3 Å². The molecule has 1 aliphatic heterocycles. The molecule has 2 aromatic carbocycles. The lowest BCUT2D eigenvalue weighted by Crippen LogP contribution is -2.40. The smallest absolute Gasteiger partial charge is 0.251 e. The van der Waals surface area contributed by atoms with Gasteiger partial charge in [-0.3, -0.25) is 4.79 Å². The van der Waals surface area contributed by atoms with Crippen LogP contribution in [-0.4, -0.2) is 32.3 Å². The fraction of sp³-hybridized carbons (Fsp3) is 0.250. The predicted molar refractivity (Wildman–Crippen MR) is 95.6 cm³/mol. The Morgan fingerprint density at radius 3 is 2.88 bits per heavy atom. The van der Waals surface area contributed by atoms with Crippen molar-refractivity contribution in [3.63, 3.8) is 0 Å². The normalized spacial score (nSPS) is 15.3. The molecule has 25 heavy (non-hydrogen) atoms. The number of hydrogen-bond donors (Lipinski definition) is 1. The van der Waals surface area contributed by atoms with E-state index in [2.05, 4.69) is 11.9 Å². The summed E-state index contributed by atoms with van der Waals surface area (Å²) in [7, 11) is 1.61. The van der Waals surface area contributed by atoms with E-state index in [4.69, 9.17) is 14.2 Å². The van der Waals surface area contributed by atoms with Crippen LogP contribution >= 0.6 is 0 Å². The number of hydrogen-bond acceptors (Lipinski definition) is 4. The van der Waals surface area contributed by atoms with Gasteiger partial charge in [0.1, 0.15) is 18.5 Å². The number of carbonyl (C=O) groups is 1. The zero-order chi connectivity index (χ0) is 17.6. The number of methoxy groups -OCH3 is 1. The van der Waals surface area contributed by atoms with Crippen molar-refractivity contribution in [3.8, 4) is 17.2 Å². The molecule has 1 aliphatic rings. The van der Waals surface area contributed by atoms with Crippen molar-refractivity contribution in [2.24, 2.45) is 0 Å². The molecular formula is C20H21NO4. The molecule has 2 aromatic rings. The van der Waals surface area contributed by atoms with Gasteiger partial charge in [0.25, 0.3) is 5.91 Å². The fourth-order valence-corrected chi connectivity index (χ4v) is 2.71. The van der Waals surface area contributed by atoms with Crippen LogP contribution < -0.4 is 19.5 Å². The highest BCUT2D eigenvalue weighted by atomic mass is 16.6. The highest BCUT2D eigenvalue weighted by Crippen LogP contribution is 2.30. The monoisotopic (exact) mass is 339 g/mol. The molecule has 0 saturated heterocycles. The van der Waals surface area contributed by atoms with E-state index in [9.17, 15) is 4.79 Å². The van der Waals surface area contributed by atoms with E-state index in [0.717, 1.165) is 17.1 Å². The lowest BCUT2D eigenvalue weighted by molar-refractivity contribution is 0.0789. The second-order valence-corrected chi connectivity index (χ2v) is 5.73. The molecule has 0 radical (unpaired) electrons. The van der Waals surface area contributed by atoms with Crippen LogP contribution in [0.25, 0.3) is 0 Å². The van der Waals surface area contributed by atoms with Crippen LogP contribution in [-0.2, 0) is 6.42 Å². The standard InChI is InChI=1S/C20H21NO4/c1-3-6-14-11-15(9-10-17(14)23-2)20(22)21-12-16-13-24-18-7-4-5-8-19(18)25-16/h3-5,7-11,16H,1,6,12-13H2,2H3,(H,21,22)/t16-/m0/s1. The minimum atomic E-state index is -0.218. The number of benzene rings is 2. The summed E-state index contributed by atoms with van der Waals surface area (Å²) in [4.78, 5) is 12.4. The van der Waals surface area contributed by atoms with Crippen molar-refractivity contribution in [1.29, 1.82) is 0 Å². The van der Waals surface area contributed by atoms with Gasteiger partial charge in [-0.2, -0.15) is 0 Å². The van der Waals surface area contributed by atoms with Crippen LogP contribution in [0.2, 0.25) is 0 Å². The number of amides is 1. The van der Waals surface area contributed by atoms with Crippen LogP contribution in [0.3, 0.4) is 0 Å². The molecule has 0 fully saturated rings. The molecule has 1 N–H and O–H groups in total. The Balaban J connectivity index is 1.61. The minimum absolute atomic E-state index is 0.157. The van der Waals surface area contributed by atoms with Gasteiger partial charge in [-0.15, -0.1) is 6.58 Å². The van der Waals surface area contributed by atoms with Crippen molar-refractivity contribution >= 4 is 5.91 Å². The predicted octanol–water partition coefficient (Wildman–Crippen LogP) is 2.99. The van der Waals surface area contributed by atoms with Gasteiger partial charge in [0.15, 0.2) is 11.5 Å². The van der Waals surface area contributed by atoms with Crippen molar-refractivity contribution in [2.45, 2.75) is 12.5 Å². The number of carbonyl (C=O) groups excluding carboxylic acids is 1. The molecule has 0 saturated carbocycles. The van der Waals surface area contributed by atoms with Gasteiger partial charge in [0.05, 0.1) is 13.7 Å². The third-order valence-electron chi connectivity index (χ3n) is 3.96. The summed E-state index contributed by atoms with van der Waals surface area (Å²) in [5, 5.41) is 2.90. The van der Waals surface area contributed by atoms with Gasteiger partial charge in [0, 0.05) is 5.56 Å². The van der Waals surface area contributed by atoms with Crippen LogP contribution in [0.1, 0.15) is 15.9 Å². The first kappa shape index (κ1) is 16.9. The molecule has 0 aromatic heterocycles. The van der Waals surface area contributed by atoms with Gasteiger partial charge in [-0.1, -0.05) is 18.2 Å². The summed E-state index contributed by atoms with van der Waals surface area (Å²) in [6, 6.07) is 12.9. The molecule has 0 aliphatic carbocycles. The lowest BCUT2D eigenvalue weighted by atomic mass is 10.1. The first-order chi connectivity index (χ1) is 12.2. The maximum Gasteiger partial charge on any atom is 0.251 e. The number of allylic oxidation sites excluding steroid dienone is 1. The van der Waals surface area contributed by atoms with E-state index < -0.39 is 0 Å². The number of para-hydroxylation sites is 2. The fourth-order valence-electron chi connectivity index (χ4n) is 2.71. The highest BCUT2D eigenvalue weighted by molar-refractivity contribution is 5.94. The third-order valence-corrected chi connectivity index (χ3v) is 3.96. The van der Waals surface area contributed by atoms with E-state index >= 15 is 0 Å². The zero-order valence-corrected chi connectivity index (χ0v) is 14.2. The Hall–Kier alpha value is -2.95. The molecular weight excluding hydrogens is 318 g/mol. The van der Waals surface area contributed by atoms with Crippen LogP contribution in [0.5, 0.6) is 17.2 Å². The summed E-state index contributed by atoms with van der Waals surface area (Å²) < 4.78 is 16.8. The highest BCUT2D eigenvalue weighted by Gasteiger charge is 2.21. The Bertz CT molecular complexity index is 772. The summed E-state index contributed by atoms with van der Waals surface area (Å²) in [5.74, 6) is 2.02. The first-order valence-electron chi connectivity index (χ1n) is 8.15. The molecule has 0 spiro atoms. The average molecular weight is 339 g/mol. The molecule has 1 amide bonds.